The molecule has 2 aromatic rings. The van der Waals surface area contributed by atoms with E-state index in [1.54, 1.807) is 43.5 Å². The Labute approximate surface area is 250 Å². The van der Waals surface area contributed by atoms with Crippen LogP contribution in [0.5, 0.6) is 5.75 Å². The summed E-state index contributed by atoms with van der Waals surface area (Å²) < 4.78 is 34.4. The monoisotopic (exact) mass is 597 g/mol. The van der Waals surface area contributed by atoms with Crippen molar-refractivity contribution in [2.24, 2.45) is 0 Å². The second kappa shape index (κ2) is 14.4. The van der Waals surface area contributed by atoms with Gasteiger partial charge in [-0.25, -0.2) is 0 Å². The zero-order valence-corrected chi connectivity index (χ0v) is 24.5. The van der Waals surface area contributed by atoms with Crippen LogP contribution in [0, 0.1) is 0 Å². The number of benzene rings is 2. The van der Waals surface area contributed by atoms with Crippen LogP contribution in [0.1, 0.15) is 77.5 Å². The maximum absolute atomic E-state index is 13.4. The lowest BCUT2D eigenvalue weighted by Gasteiger charge is -2.49. The van der Waals surface area contributed by atoms with Crippen molar-refractivity contribution in [1.29, 1.82) is 0 Å². The summed E-state index contributed by atoms with van der Waals surface area (Å²) in [6, 6.07) is 12.7. The molecule has 232 valence electrons. The molecule has 2 fully saturated rings. The van der Waals surface area contributed by atoms with Gasteiger partial charge in [-0.2, -0.15) is 0 Å². The third-order valence-electron chi connectivity index (χ3n) is 8.13. The first-order valence-corrected chi connectivity index (χ1v) is 14.8. The number of methoxy groups -OCH3 is 2. The number of amides is 2. The summed E-state index contributed by atoms with van der Waals surface area (Å²) in [6.45, 7) is 0.436. The van der Waals surface area contributed by atoms with E-state index in [4.69, 9.17) is 23.7 Å². The Balaban J connectivity index is 1.24. The van der Waals surface area contributed by atoms with Crippen LogP contribution < -0.4 is 4.74 Å². The molecule has 2 aromatic carbocycles. The van der Waals surface area contributed by atoms with Crippen molar-refractivity contribution in [3.05, 3.63) is 65.2 Å². The number of hydrogen-bond donors (Lipinski definition) is 1. The van der Waals surface area contributed by atoms with E-state index in [-0.39, 0.29) is 23.7 Å². The Bertz CT molecular complexity index is 1230. The number of carbonyl (C=O) groups is 3. The summed E-state index contributed by atoms with van der Waals surface area (Å²) in [5, 5.41) is 11.7. The Kier molecular flexibility index (Phi) is 10.4. The van der Waals surface area contributed by atoms with Crippen molar-refractivity contribution < 1.29 is 47.9 Å². The number of ether oxygens (including phenoxy) is 6. The molecular weight excluding hydrogens is 558 g/mol. The Morgan fingerprint density at radius 3 is 2.21 bits per heavy atom. The molecule has 3 heterocycles. The van der Waals surface area contributed by atoms with Gasteiger partial charge in [0.05, 0.1) is 32.0 Å². The minimum absolute atomic E-state index is 0.124. The second-order valence-corrected chi connectivity index (χ2v) is 10.9. The van der Waals surface area contributed by atoms with Crippen molar-refractivity contribution in [2.45, 2.75) is 81.9 Å². The van der Waals surface area contributed by atoms with Gasteiger partial charge in [0, 0.05) is 18.6 Å². The highest BCUT2D eigenvalue weighted by Gasteiger charge is 2.55. The quantitative estimate of drug-likeness (QED) is 0.207. The zero-order chi connectivity index (χ0) is 30.3. The van der Waals surface area contributed by atoms with Crippen LogP contribution in [0.15, 0.2) is 48.5 Å². The molecule has 0 spiro atoms. The van der Waals surface area contributed by atoms with Gasteiger partial charge in [-0.05, 0) is 37.1 Å². The lowest BCUT2D eigenvalue weighted by molar-refractivity contribution is -0.349. The molecular formula is C32H39NO10. The van der Waals surface area contributed by atoms with Crippen LogP contribution in [0.2, 0.25) is 0 Å². The molecule has 2 saturated heterocycles. The van der Waals surface area contributed by atoms with Gasteiger partial charge < -0.3 is 33.5 Å². The number of carbonyl (C=O) groups excluding carboxylic acids is 3. The Hall–Kier alpha value is -3.35. The van der Waals surface area contributed by atoms with Crippen molar-refractivity contribution in [1.82, 2.24) is 4.90 Å². The second-order valence-electron chi connectivity index (χ2n) is 10.9. The molecule has 0 radical (unpaired) electrons. The first-order chi connectivity index (χ1) is 20.9. The van der Waals surface area contributed by atoms with Gasteiger partial charge in [0.25, 0.3) is 11.8 Å². The highest BCUT2D eigenvalue weighted by molar-refractivity contribution is 6.21. The highest BCUT2D eigenvalue weighted by Crippen LogP contribution is 2.38. The van der Waals surface area contributed by atoms with Crippen LogP contribution in [0.4, 0.5) is 0 Å². The largest absolute Gasteiger partial charge is 0.497 e. The number of imide groups is 1. The molecule has 3 aliphatic heterocycles. The van der Waals surface area contributed by atoms with Crippen LogP contribution in [0.25, 0.3) is 0 Å². The zero-order valence-electron chi connectivity index (χ0n) is 24.5. The number of nitrogens with zero attached hydrogens (tertiary/aromatic N) is 1. The average molecular weight is 598 g/mol. The summed E-state index contributed by atoms with van der Waals surface area (Å²) in [4.78, 5) is 39.2. The minimum Gasteiger partial charge on any atom is -0.497 e. The maximum Gasteiger partial charge on any atom is 0.305 e. The number of aliphatic hydroxyl groups excluding tert-OH is 1. The number of esters is 1. The van der Waals surface area contributed by atoms with Crippen LogP contribution in [-0.4, -0.2) is 85.9 Å². The van der Waals surface area contributed by atoms with Gasteiger partial charge in [0.1, 0.15) is 30.1 Å². The molecule has 6 atom stereocenters. The van der Waals surface area contributed by atoms with Gasteiger partial charge >= 0.3 is 5.97 Å². The number of rotatable bonds is 13. The van der Waals surface area contributed by atoms with Crippen molar-refractivity contribution >= 4 is 17.8 Å². The Morgan fingerprint density at radius 1 is 0.907 bits per heavy atom. The summed E-state index contributed by atoms with van der Waals surface area (Å²) in [5.41, 5.74) is 1.28. The standard InChI is InChI=1S/C32H39NO10/c1-38-21-16-14-20(15-17-21)31-41-19-24-28(43-31)27(35)26(33-29(36)22-11-8-9-12-23(22)30(33)37)32(42-24)40-18-10-6-4-3-5-7-13-25(34)39-2/h8-9,11-12,14-17,24,26-28,31-32,35H,3-7,10,13,18-19H2,1-2H3/t24-,26-,27-,28-,31?,32-/m1/s1. The SMILES string of the molecule is COC(=O)CCCCCCCCO[C@@H]1O[C@@H]2COC(c3ccc(OC)cc3)O[C@H]2[C@H](O)[C@H]1N1C(=O)c2ccccc2C1=O. The van der Waals surface area contributed by atoms with E-state index < -0.39 is 48.7 Å². The molecule has 0 bridgehead atoms. The summed E-state index contributed by atoms with van der Waals surface area (Å²) in [6.07, 6.45) is 1.07. The van der Waals surface area contributed by atoms with E-state index in [0.717, 1.165) is 49.0 Å². The fourth-order valence-electron chi connectivity index (χ4n) is 5.78. The van der Waals surface area contributed by atoms with Crippen molar-refractivity contribution in [2.75, 3.05) is 27.4 Å². The van der Waals surface area contributed by atoms with Gasteiger partial charge in [0.15, 0.2) is 12.6 Å². The van der Waals surface area contributed by atoms with E-state index >= 15 is 0 Å². The smallest absolute Gasteiger partial charge is 0.305 e. The van der Waals surface area contributed by atoms with Gasteiger partial charge in [-0.3, -0.25) is 19.3 Å². The van der Waals surface area contributed by atoms with Gasteiger partial charge in [-0.1, -0.05) is 49.9 Å². The fraction of sp³-hybridized carbons (Fsp3) is 0.531. The molecule has 3 aliphatic rings. The summed E-state index contributed by atoms with van der Waals surface area (Å²) in [7, 11) is 2.97. The predicted octanol–water partition coefficient (Wildman–Crippen LogP) is 3.78. The first kappa shape index (κ1) is 31.1. The molecule has 5 rings (SSSR count). The molecule has 2 amide bonds. The van der Waals surface area contributed by atoms with Crippen molar-refractivity contribution in [3.8, 4) is 5.75 Å². The number of unbranched alkanes of at least 4 members (excludes halogenated alkanes) is 5. The normalized spacial score (nSPS) is 26.6. The maximum atomic E-state index is 13.4. The van der Waals surface area contributed by atoms with Gasteiger partial charge in [0.2, 0.25) is 0 Å². The van der Waals surface area contributed by atoms with Crippen LogP contribution in [-0.2, 0) is 28.5 Å². The topological polar surface area (TPSA) is 130 Å². The third kappa shape index (κ3) is 6.91. The van der Waals surface area contributed by atoms with E-state index in [9.17, 15) is 19.5 Å². The van der Waals surface area contributed by atoms with E-state index in [1.165, 1.54) is 7.11 Å². The van der Waals surface area contributed by atoms with E-state index in [1.807, 2.05) is 12.1 Å². The third-order valence-corrected chi connectivity index (χ3v) is 8.13. The fourth-order valence-corrected chi connectivity index (χ4v) is 5.78. The number of fused-ring (bicyclic) bond motifs is 2. The van der Waals surface area contributed by atoms with E-state index in [0.29, 0.717) is 18.8 Å². The molecule has 1 N–H and O–H groups in total. The number of hydrogen-bond acceptors (Lipinski definition) is 10. The summed E-state index contributed by atoms with van der Waals surface area (Å²) in [5.74, 6) is -0.525. The highest BCUT2D eigenvalue weighted by atomic mass is 16.7. The molecule has 0 aromatic heterocycles. The first-order valence-electron chi connectivity index (χ1n) is 14.8. The lowest BCUT2D eigenvalue weighted by atomic mass is 9.94. The lowest BCUT2D eigenvalue weighted by Crippen LogP contribution is -2.67. The summed E-state index contributed by atoms with van der Waals surface area (Å²) >= 11 is 0. The molecule has 11 nitrogen and oxygen atoms in total. The van der Waals surface area contributed by atoms with Crippen LogP contribution >= 0.6 is 0 Å². The molecule has 0 saturated carbocycles. The molecule has 0 aliphatic carbocycles. The molecule has 11 heteroatoms. The van der Waals surface area contributed by atoms with E-state index in [2.05, 4.69) is 4.74 Å². The van der Waals surface area contributed by atoms with Gasteiger partial charge in [-0.15, -0.1) is 0 Å². The minimum atomic E-state index is -1.29. The molecule has 43 heavy (non-hydrogen) atoms. The number of aliphatic hydroxyl groups is 1. The Morgan fingerprint density at radius 2 is 1.56 bits per heavy atom. The van der Waals surface area contributed by atoms with Crippen LogP contribution in [0.3, 0.4) is 0 Å². The average Bonchev–Trinajstić information content (AvgIpc) is 3.29. The molecule has 1 unspecified atom stereocenters. The predicted molar refractivity (Wildman–Crippen MR) is 152 cm³/mol. The van der Waals surface area contributed by atoms with Crippen molar-refractivity contribution in [3.63, 3.8) is 0 Å².